The van der Waals surface area contributed by atoms with Gasteiger partial charge in [-0.05, 0) is 24.3 Å². The standard InChI is InChI=1S/C11H13ClN2O/c12-8-3-5-9(6-4-8)14-11(15)10-2-1-7-13-10/h3-6,10,13H,1-2,7H2,(H,14,15)/p+1/t10-/m1/s1. The maximum Gasteiger partial charge on any atom is 0.282 e. The molecule has 3 nitrogen and oxygen atoms in total. The monoisotopic (exact) mass is 225 g/mol. The summed E-state index contributed by atoms with van der Waals surface area (Å²) in [6, 6.07) is 7.26. The van der Waals surface area contributed by atoms with Crippen molar-refractivity contribution >= 4 is 23.2 Å². The van der Waals surface area contributed by atoms with Crippen LogP contribution in [0, 0.1) is 0 Å². The van der Waals surface area contributed by atoms with E-state index in [4.69, 9.17) is 11.6 Å². The molecule has 1 heterocycles. The van der Waals surface area contributed by atoms with E-state index in [1.54, 1.807) is 12.1 Å². The number of nitrogens with one attached hydrogen (secondary N) is 1. The zero-order valence-electron chi connectivity index (χ0n) is 8.37. The predicted molar refractivity (Wildman–Crippen MR) is 59.9 cm³/mol. The van der Waals surface area contributed by atoms with Gasteiger partial charge in [0.25, 0.3) is 5.91 Å². The smallest absolute Gasteiger partial charge is 0.282 e. The van der Waals surface area contributed by atoms with Crippen LogP contribution in [0.15, 0.2) is 24.3 Å². The van der Waals surface area contributed by atoms with Crippen molar-refractivity contribution in [2.24, 2.45) is 0 Å². The number of hydrogen-bond acceptors (Lipinski definition) is 1. The fourth-order valence-corrected chi connectivity index (χ4v) is 1.91. The van der Waals surface area contributed by atoms with Gasteiger partial charge < -0.3 is 10.6 Å². The number of rotatable bonds is 2. The normalized spacial score (nSPS) is 20.2. The Hall–Kier alpha value is -1.06. The summed E-state index contributed by atoms with van der Waals surface area (Å²) in [6.45, 7) is 1.05. The third kappa shape index (κ3) is 2.70. The summed E-state index contributed by atoms with van der Waals surface area (Å²) in [7, 11) is 0. The summed E-state index contributed by atoms with van der Waals surface area (Å²) >= 11 is 5.76. The van der Waals surface area contributed by atoms with Gasteiger partial charge >= 0.3 is 0 Å². The third-order valence-electron chi connectivity index (χ3n) is 2.62. The highest BCUT2D eigenvalue weighted by Crippen LogP contribution is 2.13. The van der Waals surface area contributed by atoms with Gasteiger partial charge in [-0.2, -0.15) is 0 Å². The molecule has 1 aromatic rings. The zero-order valence-corrected chi connectivity index (χ0v) is 9.13. The molecular formula is C11H14ClN2O+. The number of amides is 1. The van der Waals surface area contributed by atoms with Crippen molar-refractivity contribution < 1.29 is 10.1 Å². The molecule has 1 atom stereocenters. The maximum atomic E-state index is 11.7. The van der Waals surface area contributed by atoms with Gasteiger partial charge in [0.15, 0.2) is 6.04 Å². The van der Waals surface area contributed by atoms with Crippen LogP contribution in [0.25, 0.3) is 0 Å². The van der Waals surface area contributed by atoms with E-state index in [2.05, 4.69) is 10.6 Å². The second-order valence-corrected chi connectivity index (χ2v) is 4.21. The Labute approximate surface area is 93.8 Å². The fourth-order valence-electron chi connectivity index (χ4n) is 1.78. The van der Waals surface area contributed by atoms with Crippen LogP contribution in [-0.2, 0) is 4.79 Å². The third-order valence-corrected chi connectivity index (χ3v) is 2.87. The number of hydrogen-bond donors (Lipinski definition) is 2. The summed E-state index contributed by atoms with van der Waals surface area (Å²) in [4.78, 5) is 11.7. The number of halogens is 1. The van der Waals surface area contributed by atoms with Gasteiger partial charge in [-0.1, -0.05) is 11.6 Å². The molecule has 0 spiro atoms. The van der Waals surface area contributed by atoms with Gasteiger partial charge in [-0.15, -0.1) is 0 Å². The second-order valence-electron chi connectivity index (χ2n) is 3.77. The van der Waals surface area contributed by atoms with Crippen molar-refractivity contribution in [2.45, 2.75) is 18.9 Å². The molecule has 3 N–H and O–H groups in total. The van der Waals surface area contributed by atoms with Gasteiger partial charge in [-0.3, -0.25) is 4.79 Å². The Bertz CT molecular complexity index is 344. The largest absolute Gasteiger partial charge is 0.336 e. The molecule has 0 radical (unpaired) electrons. The second kappa shape index (κ2) is 4.64. The topological polar surface area (TPSA) is 45.7 Å². The van der Waals surface area contributed by atoms with Crippen molar-refractivity contribution in [2.75, 3.05) is 11.9 Å². The summed E-state index contributed by atoms with van der Waals surface area (Å²) in [5.74, 6) is 0.0924. The molecule has 1 aliphatic rings. The highest BCUT2D eigenvalue weighted by Gasteiger charge is 2.25. The summed E-state index contributed by atoms with van der Waals surface area (Å²) in [6.07, 6.45) is 2.10. The molecule has 0 aliphatic carbocycles. The van der Waals surface area contributed by atoms with Gasteiger partial charge in [0, 0.05) is 23.6 Å². The molecular weight excluding hydrogens is 212 g/mol. The molecule has 1 fully saturated rings. The highest BCUT2D eigenvalue weighted by atomic mass is 35.5. The molecule has 1 aromatic carbocycles. The first-order valence-corrected chi connectivity index (χ1v) is 5.53. The average molecular weight is 226 g/mol. The molecule has 1 aliphatic heterocycles. The van der Waals surface area contributed by atoms with Crippen LogP contribution in [0.1, 0.15) is 12.8 Å². The lowest BCUT2D eigenvalue weighted by Crippen LogP contribution is -2.88. The molecule has 0 unspecified atom stereocenters. The Balaban J connectivity index is 1.96. The number of carbonyl (C=O) groups is 1. The van der Waals surface area contributed by atoms with E-state index in [1.165, 1.54) is 0 Å². The van der Waals surface area contributed by atoms with Gasteiger partial charge in [0.2, 0.25) is 0 Å². The number of quaternary nitrogens is 1. The predicted octanol–water partition coefficient (Wildman–Crippen LogP) is 1.00. The Morgan fingerprint density at radius 3 is 2.73 bits per heavy atom. The van der Waals surface area contributed by atoms with E-state index < -0.39 is 0 Å². The molecule has 15 heavy (non-hydrogen) atoms. The molecule has 0 bridgehead atoms. The minimum absolute atomic E-state index is 0.0840. The van der Waals surface area contributed by atoms with Gasteiger partial charge in [0.1, 0.15) is 0 Å². The van der Waals surface area contributed by atoms with Crippen LogP contribution in [0.3, 0.4) is 0 Å². The van der Waals surface area contributed by atoms with Crippen molar-refractivity contribution in [3.8, 4) is 0 Å². The Morgan fingerprint density at radius 1 is 1.40 bits per heavy atom. The Morgan fingerprint density at radius 2 is 2.13 bits per heavy atom. The fraction of sp³-hybridized carbons (Fsp3) is 0.364. The average Bonchev–Trinajstić information content (AvgIpc) is 2.74. The van der Waals surface area contributed by atoms with Crippen molar-refractivity contribution in [1.82, 2.24) is 0 Å². The number of nitrogens with two attached hydrogens (primary N) is 1. The van der Waals surface area contributed by atoms with Crippen LogP contribution in [-0.4, -0.2) is 18.5 Å². The first-order valence-electron chi connectivity index (χ1n) is 5.15. The minimum atomic E-state index is 0.0840. The van der Waals surface area contributed by atoms with Crippen LogP contribution in [0.5, 0.6) is 0 Å². The summed E-state index contributed by atoms with van der Waals surface area (Å²) in [5, 5.41) is 5.65. The lowest BCUT2D eigenvalue weighted by atomic mass is 10.2. The van der Waals surface area contributed by atoms with Gasteiger partial charge in [0.05, 0.1) is 6.54 Å². The minimum Gasteiger partial charge on any atom is -0.336 e. The van der Waals surface area contributed by atoms with E-state index in [1.807, 2.05) is 12.1 Å². The van der Waals surface area contributed by atoms with Crippen LogP contribution in [0.2, 0.25) is 5.02 Å². The molecule has 2 rings (SSSR count). The van der Waals surface area contributed by atoms with E-state index in [0.717, 1.165) is 25.1 Å². The zero-order chi connectivity index (χ0) is 10.7. The van der Waals surface area contributed by atoms with Gasteiger partial charge in [-0.25, -0.2) is 0 Å². The molecule has 1 amide bonds. The number of benzene rings is 1. The SMILES string of the molecule is O=C(Nc1ccc(Cl)cc1)[C@H]1CCC[NH2+]1. The Kier molecular flexibility index (Phi) is 3.23. The number of anilines is 1. The van der Waals surface area contributed by atoms with Crippen molar-refractivity contribution in [3.05, 3.63) is 29.3 Å². The highest BCUT2D eigenvalue weighted by molar-refractivity contribution is 6.30. The van der Waals surface area contributed by atoms with Crippen molar-refractivity contribution in [1.29, 1.82) is 0 Å². The summed E-state index contributed by atoms with van der Waals surface area (Å²) < 4.78 is 0. The molecule has 0 aromatic heterocycles. The molecule has 1 saturated heterocycles. The molecule has 0 saturated carbocycles. The lowest BCUT2D eigenvalue weighted by Gasteiger charge is -2.08. The van der Waals surface area contributed by atoms with Crippen LogP contribution >= 0.6 is 11.6 Å². The first kappa shape index (κ1) is 10.5. The lowest BCUT2D eigenvalue weighted by molar-refractivity contribution is -0.656. The van der Waals surface area contributed by atoms with Crippen LogP contribution in [0.4, 0.5) is 5.69 Å². The number of carbonyl (C=O) groups excluding carboxylic acids is 1. The molecule has 80 valence electrons. The first-order chi connectivity index (χ1) is 7.25. The van der Waals surface area contributed by atoms with E-state index in [9.17, 15) is 4.79 Å². The molecule has 4 heteroatoms. The van der Waals surface area contributed by atoms with E-state index in [-0.39, 0.29) is 11.9 Å². The van der Waals surface area contributed by atoms with E-state index >= 15 is 0 Å². The quantitative estimate of drug-likeness (QED) is 0.775. The van der Waals surface area contributed by atoms with Crippen LogP contribution < -0.4 is 10.6 Å². The van der Waals surface area contributed by atoms with Crippen molar-refractivity contribution in [3.63, 3.8) is 0 Å². The summed E-state index contributed by atoms with van der Waals surface area (Å²) in [5.41, 5.74) is 0.810. The van der Waals surface area contributed by atoms with E-state index in [0.29, 0.717) is 5.02 Å². The maximum absolute atomic E-state index is 11.7.